The molecule has 1 aliphatic rings. The zero-order valence-electron chi connectivity index (χ0n) is 14.4. The highest BCUT2D eigenvalue weighted by Gasteiger charge is 2.18. The average molecular weight is 343 g/mol. The van der Waals surface area contributed by atoms with Gasteiger partial charge in [-0.2, -0.15) is 15.0 Å². The van der Waals surface area contributed by atoms with Crippen molar-refractivity contribution >= 4 is 11.9 Å². The van der Waals surface area contributed by atoms with Crippen LogP contribution in [0.1, 0.15) is 29.0 Å². The van der Waals surface area contributed by atoms with E-state index < -0.39 is 0 Å². The highest BCUT2D eigenvalue weighted by atomic mass is 16.5. The van der Waals surface area contributed by atoms with Gasteiger partial charge in [-0.15, -0.1) is 0 Å². The molecule has 1 amide bonds. The second-order valence-corrected chi connectivity index (χ2v) is 5.64. The van der Waals surface area contributed by atoms with Gasteiger partial charge in [0.15, 0.2) is 5.82 Å². The topological polar surface area (TPSA) is 89.5 Å². The van der Waals surface area contributed by atoms with E-state index in [2.05, 4.69) is 25.2 Å². The van der Waals surface area contributed by atoms with Crippen molar-refractivity contribution in [3.63, 3.8) is 0 Å². The number of anilines is 1. The summed E-state index contributed by atoms with van der Waals surface area (Å²) in [5.74, 6) is 1.56. The van der Waals surface area contributed by atoms with Crippen molar-refractivity contribution in [3.8, 4) is 11.8 Å². The summed E-state index contributed by atoms with van der Waals surface area (Å²) in [4.78, 5) is 27.3. The first kappa shape index (κ1) is 16.9. The Kier molecular flexibility index (Phi) is 5.27. The van der Waals surface area contributed by atoms with Gasteiger partial charge >= 0.3 is 6.01 Å². The Balaban J connectivity index is 1.68. The Morgan fingerprint density at radius 3 is 2.44 bits per heavy atom. The number of nitrogens with zero attached hydrogens (tertiary/aromatic N) is 4. The molecule has 8 heteroatoms. The summed E-state index contributed by atoms with van der Waals surface area (Å²) in [6.45, 7) is 2.04. The predicted octanol–water partition coefficient (Wildman–Crippen LogP) is 1.42. The molecule has 0 unspecified atom stereocenters. The van der Waals surface area contributed by atoms with E-state index in [9.17, 15) is 4.79 Å². The van der Waals surface area contributed by atoms with Crippen LogP contribution in [0.2, 0.25) is 0 Å². The molecule has 132 valence electrons. The number of benzene rings is 1. The Bertz CT molecular complexity index is 730. The van der Waals surface area contributed by atoms with E-state index in [1.54, 1.807) is 31.4 Å². The molecule has 0 aliphatic carbocycles. The summed E-state index contributed by atoms with van der Waals surface area (Å²) in [6, 6.07) is 7.15. The van der Waals surface area contributed by atoms with Crippen LogP contribution in [0.25, 0.3) is 0 Å². The van der Waals surface area contributed by atoms with Gasteiger partial charge < -0.3 is 19.7 Å². The molecule has 2 heterocycles. The van der Waals surface area contributed by atoms with E-state index in [1.165, 1.54) is 7.11 Å². The molecule has 8 nitrogen and oxygen atoms in total. The monoisotopic (exact) mass is 343 g/mol. The second kappa shape index (κ2) is 7.78. The van der Waals surface area contributed by atoms with Gasteiger partial charge in [-0.25, -0.2) is 0 Å². The van der Waals surface area contributed by atoms with Crippen LogP contribution in [0.3, 0.4) is 0 Å². The fraction of sp³-hybridized carbons (Fsp3) is 0.412. The van der Waals surface area contributed by atoms with Gasteiger partial charge in [-0.3, -0.25) is 4.79 Å². The molecule has 1 aromatic heterocycles. The number of nitrogens with one attached hydrogen (secondary N) is 1. The summed E-state index contributed by atoms with van der Waals surface area (Å²) in [5, 5.41) is 2.82. The van der Waals surface area contributed by atoms with Crippen LogP contribution in [0.5, 0.6) is 11.8 Å². The summed E-state index contributed by atoms with van der Waals surface area (Å²) < 4.78 is 10.2. The van der Waals surface area contributed by atoms with Gasteiger partial charge in [-0.1, -0.05) is 0 Å². The zero-order valence-corrected chi connectivity index (χ0v) is 14.4. The minimum absolute atomic E-state index is 0.199. The third kappa shape index (κ3) is 4.14. The van der Waals surface area contributed by atoms with Crippen molar-refractivity contribution in [2.75, 3.05) is 32.2 Å². The normalized spacial score (nSPS) is 13.6. The third-order valence-electron chi connectivity index (χ3n) is 3.98. The SMILES string of the molecule is COc1ccc(C(=O)NCc2nc(OC)nc(N3CCCC3)n2)cc1. The number of carbonyl (C=O) groups is 1. The van der Waals surface area contributed by atoms with Crippen LogP contribution in [0, 0.1) is 0 Å². The molecule has 3 rings (SSSR count). The molecule has 1 aliphatic heterocycles. The fourth-order valence-corrected chi connectivity index (χ4v) is 2.62. The largest absolute Gasteiger partial charge is 0.497 e. The Hall–Kier alpha value is -2.90. The lowest BCUT2D eigenvalue weighted by Crippen LogP contribution is -2.26. The minimum Gasteiger partial charge on any atom is -0.497 e. The van der Waals surface area contributed by atoms with Crippen LogP contribution in [-0.2, 0) is 6.54 Å². The molecule has 2 aromatic rings. The number of hydrogen-bond donors (Lipinski definition) is 1. The maximum atomic E-state index is 12.2. The second-order valence-electron chi connectivity index (χ2n) is 5.64. The molecule has 0 saturated carbocycles. The fourth-order valence-electron chi connectivity index (χ4n) is 2.62. The number of ether oxygens (including phenoxy) is 2. The molecule has 0 atom stereocenters. The van der Waals surface area contributed by atoms with Gasteiger partial charge in [0.1, 0.15) is 5.75 Å². The molecule has 0 radical (unpaired) electrons. The Labute approximate surface area is 146 Å². The number of rotatable bonds is 6. The number of hydrogen-bond acceptors (Lipinski definition) is 7. The molecule has 25 heavy (non-hydrogen) atoms. The van der Waals surface area contributed by atoms with Crippen LogP contribution < -0.4 is 19.7 Å². The van der Waals surface area contributed by atoms with Crippen molar-refractivity contribution in [2.45, 2.75) is 19.4 Å². The van der Waals surface area contributed by atoms with Gasteiger partial charge in [0.2, 0.25) is 5.95 Å². The number of aromatic nitrogens is 3. The molecule has 0 spiro atoms. The number of methoxy groups -OCH3 is 2. The van der Waals surface area contributed by atoms with E-state index in [0.29, 0.717) is 23.1 Å². The van der Waals surface area contributed by atoms with Crippen molar-refractivity contribution in [2.24, 2.45) is 0 Å². The van der Waals surface area contributed by atoms with Crippen LogP contribution in [0.15, 0.2) is 24.3 Å². The van der Waals surface area contributed by atoms with Crippen LogP contribution >= 0.6 is 0 Å². The van der Waals surface area contributed by atoms with E-state index in [-0.39, 0.29) is 18.5 Å². The predicted molar refractivity (Wildman–Crippen MR) is 92.0 cm³/mol. The maximum Gasteiger partial charge on any atom is 0.321 e. The highest BCUT2D eigenvalue weighted by molar-refractivity contribution is 5.94. The molecule has 0 bridgehead atoms. The van der Waals surface area contributed by atoms with Crippen molar-refractivity contribution in [1.82, 2.24) is 20.3 Å². The van der Waals surface area contributed by atoms with E-state index in [1.807, 2.05) is 0 Å². The molecule has 1 aromatic carbocycles. The van der Waals surface area contributed by atoms with Crippen LogP contribution in [0.4, 0.5) is 5.95 Å². The minimum atomic E-state index is -0.204. The Morgan fingerprint density at radius 2 is 1.80 bits per heavy atom. The smallest absolute Gasteiger partial charge is 0.321 e. The first-order valence-electron chi connectivity index (χ1n) is 8.16. The number of carbonyl (C=O) groups excluding carboxylic acids is 1. The molecular formula is C17H21N5O3. The van der Waals surface area contributed by atoms with Gasteiger partial charge in [0, 0.05) is 18.7 Å². The van der Waals surface area contributed by atoms with Crippen molar-refractivity contribution < 1.29 is 14.3 Å². The van der Waals surface area contributed by atoms with E-state index in [4.69, 9.17) is 9.47 Å². The summed E-state index contributed by atoms with van der Waals surface area (Å²) in [7, 11) is 3.10. The highest BCUT2D eigenvalue weighted by Crippen LogP contribution is 2.18. The summed E-state index contributed by atoms with van der Waals surface area (Å²) in [6.07, 6.45) is 2.25. The molecule has 1 fully saturated rings. The van der Waals surface area contributed by atoms with E-state index >= 15 is 0 Å². The lowest BCUT2D eigenvalue weighted by molar-refractivity contribution is 0.0949. The van der Waals surface area contributed by atoms with Crippen LogP contribution in [-0.4, -0.2) is 48.2 Å². The van der Waals surface area contributed by atoms with Crippen molar-refractivity contribution in [1.29, 1.82) is 0 Å². The lowest BCUT2D eigenvalue weighted by atomic mass is 10.2. The molecular weight excluding hydrogens is 322 g/mol. The summed E-state index contributed by atoms with van der Waals surface area (Å²) in [5.41, 5.74) is 0.543. The molecule has 1 N–H and O–H groups in total. The lowest BCUT2D eigenvalue weighted by Gasteiger charge is -2.16. The average Bonchev–Trinajstić information content (AvgIpc) is 3.20. The van der Waals surface area contributed by atoms with Gasteiger partial charge in [0.25, 0.3) is 5.91 Å². The Morgan fingerprint density at radius 1 is 1.08 bits per heavy atom. The first-order chi connectivity index (χ1) is 12.2. The number of amides is 1. The van der Waals surface area contributed by atoms with Gasteiger partial charge in [0.05, 0.1) is 20.8 Å². The zero-order chi connectivity index (χ0) is 17.6. The van der Waals surface area contributed by atoms with Gasteiger partial charge in [-0.05, 0) is 37.1 Å². The maximum absolute atomic E-state index is 12.2. The first-order valence-corrected chi connectivity index (χ1v) is 8.16. The molecule has 1 saturated heterocycles. The summed E-state index contributed by atoms with van der Waals surface area (Å²) >= 11 is 0. The van der Waals surface area contributed by atoms with Crippen molar-refractivity contribution in [3.05, 3.63) is 35.7 Å². The van der Waals surface area contributed by atoms with E-state index in [0.717, 1.165) is 25.9 Å². The quantitative estimate of drug-likeness (QED) is 0.848. The third-order valence-corrected chi connectivity index (χ3v) is 3.98. The standard InChI is InChI=1S/C17H21N5O3/c1-24-13-7-5-12(6-8-13)15(23)18-11-14-19-16(21-17(20-14)25-2)22-9-3-4-10-22/h5-8H,3-4,9-11H2,1-2H3,(H,18,23).